The van der Waals surface area contributed by atoms with Crippen LogP contribution >= 0.6 is 0 Å². The van der Waals surface area contributed by atoms with Gasteiger partial charge in [0.15, 0.2) is 5.52 Å². The second-order valence-electron chi connectivity index (χ2n) is 6.05. The maximum atomic E-state index is 12.7. The molecule has 8 nitrogen and oxygen atoms in total. The highest BCUT2D eigenvalue weighted by Crippen LogP contribution is 2.35. The maximum Gasteiger partial charge on any atom is 0.573 e. The molecule has 0 aliphatic rings. The van der Waals surface area contributed by atoms with Crippen LogP contribution in [0.3, 0.4) is 0 Å². The highest BCUT2D eigenvalue weighted by atomic mass is 19.4. The standard InChI is InChI=1S/C17H13F3N6O2/c1-8-10(14(21)15-16(23-8)26-28-25-15)6-9-2-3-13(27-17(18,19)20)11(7-9)12-4-5-22-24-12/h2-5,7H,6,21H2,1H3,(H,22,24). The van der Waals surface area contributed by atoms with Crippen molar-refractivity contribution in [2.45, 2.75) is 19.7 Å². The zero-order chi connectivity index (χ0) is 19.9. The quantitative estimate of drug-likeness (QED) is 0.549. The number of aromatic nitrogens is 5. The number of H-pyrrole nitrogens is 1. The highest BCUT2D eigenvalue weighted by molar-refractivity contribution is 5.85. The van der Waals surface area contributed by atoms with Crippen molar-refractivity contribution in [1.29, 1.82) is 0 Å². The predicted octanol–water partition coefficient (Wildman–Crippen LogP) is 3.39. The molecule has 0 unspecified atom stereocenters. The van der Waals surface area contributed by atoms with E-state index in [4.69, 9.17) is 5.73 Å². The molecule has 28 heavy (non-hydrogen) atoms. The number of benzene rings is 1. The zero-order valence-electron chi connectivity index (χ0n) is 14.4. The number of rotatable bonds is 4. The van der Waals surface area contributed by atoms with Crippen LogP contribution in [-0.2, 0) is 6.42 Å². The van der Waals surface area contributed by atoms with Crippen LogP contribution in [0.2, 0.25) is 0 Å². The predicted molar refractivity (Wildman–Crippen MR) is 92.3 cm³/mol. The van der Waals surface area contributed by atoms with E-state index >= 15 is 0 Å². The molecular weight excluding hydrogens is 377 g/mol. The van der Waals surface area contributed by atoms with E-state index in [1.807, 2.05) is 0 Å². The third kappa shape index (κ3) is 3.33. The van der Waals surface area contributed by atoms with Crippen LogP contribution in [0.25, 0.3) is 22.4 Å². The number of anilines is 1. The minimum atomic E-state index is -4.81. The van der Waals surface area contributed by atoms with E-state index in [9.17, 15) is 13.2 Å². The molecule has 4 rings (SSSR count). The number of ether oxygens (including phenoxy) is 1. The Labute approximate surface area is 155 Å². The second-order valence-corrected chi connectivity index (χ2v) is 6.05. The molecule has 11 heteroatoms. The summed E-state index contributed by atoms with van der Waals surface area (Å²) in [6.07, 6.45) is -3.05. The molecule has 0 saturated carbocycles. The largest absolute Gasteiger partial charge is 0.573 e. The lowest BCUT2D eigenvalue weighted by Gasteiger charge is -2.15. The van der Waals surface area contributed by atoms with Gasteiger partial charge in [0.1, 0.15) is 5.75 Å². The lowest BCUT2D eigenvalue weighted by atomic mass is 9.98. The van der Waals surface area contributed by atoms with E-state index < -0.39 is 6.36 Å². The van der Waals surface area contributed by atoms with Crippen molar-refractivity contribution < 1.29 is 22.5 Å². The fraction of sp³-hybridized carbons (Fsp3) is 0.176. The average Bonchev–Trinajstić information content (AvgIpc) is 3.30. The molecule has 0 radical (unpaired) electrons. The Morgan fingerprint density at radius 1 is 1.21 bits per heavy atom. The van der Waals surface area contributed by atoms with Crippen molar-refractivity contribution in [2.24, 2.45) is 0 Å². The van der Waals surface area contributed by atoms with Crippen LogP contribution in [0.5, 0.6) is 5.75 Å². The molecule has 144 valence electrons. The smallest absolute Gasteiger partial charge is 0.405 e. The van der Waals surface area contributed by atoms with Gasteiger partial charge in [0.25, 0.3) is 0 Å². The highest BCUT2D eigenvalue weighted by Gasteiger charge is 2.32. The number of nitrogens with one attached hydrogen (secondary N) is 1. The molecule has 1 aromatic carbocycles. The minimum absolute atomic E-state index is 0.223. The van der Waals surface area contributed by atoms with E-state index in [1.54, 1.807) is 19.1 Å². The van der Waals surface area contributed by atoms with Gasteiger partial charge in [-0.05, 0) is 41.0 Å². The number of aryl methyl sites for hydroxylation is 1. The fourth-order valence-electron chi connectivity index (χ4n) is 2.94. The van der Waals surface area contributed by atoms with Crippen LogP contribution in [0.1, 0.15) is 16.8 Å². The summed E-state index contributed by atoms with van der Waals surface area (Å²) in [4.78, 5) is 4.29. The average molecular weight is 390 g/mol. The third-order valence-electron chi connectivity index (χ3n) is 4.20. The summed E-state index contributed by atoms with van der Waals surface area (Å²) in [6, 6.07) is 5.93. The maximum absolute atomic E-state index is 12.7. The van der Waals surface area contributed by atoms with Crippen LogP contribution < -0.4 is 10.5 Å². The number of pyridine rings is 1. The Balaban J connectivity index is 1.76. The number of nitrogens with two attached hydrogens (primary N) is 1. The number of hydrogen-bond acceptors (Lipinski definition) is 7. The number of halogens is 3. The van der Waals surface area contributed by atoms with Gasteiger partial charge < -0.3 is 10.5 Å². The van der Waals surface area contributed by atoms with Crippen LogP contribution in [0.15, 0.2) is 35.1 Å². The van der Waals surface area contributed by atoms with E-state index in [0.717, 1.165) is 0 Å². The summed E-state index contributed by atoms with van der Waals surface area (Å²) in [5, 5.41) is 13.9. The lowest BCUT2D eigenvalue weighted by molar-refractivity contribution is -0.274. The van der Waals surface area contributed by atoms with Crippen molar-refractivity contribution in [1.82, 2.24) is 25.5 Å². The van der Waals surface area contributed by atoms with Gasteiger partial charge in [-0.1, -0.05) is 6.07 Å². The molecule has 0 amide bonds. The van der Waals surface area contributed by atoms with Crippen molar-refractivity contribution >= 4 is 16.9 Å². The fourth-order valence-corrected chi connectivity index (χ4v) is 2.94. The summed E-state index contributed by atoms with van der Waals surface area (Å²) >= 11 is 0. The summed E-state index contributed by atoms with van der Waals surface area (Å²) in [5.41, 5.74) is 9.79. The Morgan fingerprint density at radius 3 is 2.75 bits per heavy atom. The van der Waals surface area contributed by atoms with Crippen LogP contribution in [0.4, 0.5) is 18.9 Å². The topological polar surface area (TPSA) is 116 Å². The molecule has 4 aromatic rings. The number of nitrogens with zero attached hydrogens (tertiary/aromatic N) is 4. The Morgan fingerprint density at radius 2 is 2.04 bits per heavy atom. The monoisotopic (exact) mass is 390 g/mol. The number of nitrogen functional groups attached to an aromatic ring is 1. The molecular formula is C17H13F3N6O2. The molecule has 0 spiro atoms. The molecule has 0 atom stereocenters. The van der Waals surface area contributed by atoms with Crippen LogP contribution in [0, 0.1) is 6.92 Å². The molecule has 0 fully saturated rings. The van der Waals surface area contributed by atoms with Gasteiger partial charge in [-0.25, -0.2) is 9.61 Å². The summed E-state index contributed by atoms with van der Waals surface area (Å²) in [7, 11) is 0. The van der Waals surface area contributed by atoms with E-state index in [0.29, 0.717) is 45.8 Å². The molecule has 0 saturated heterocycles. The van der Waals surface area contributed by atoms with Gasteiger partial charge in [-0.2, -0.15) is 5.10 Å². The minimum Gasteiger partial charge on any atom is -0.405 e. The van der Waals surface area contributed by atoms with E-state index in [-0.39, 0.29) is 11.3 Å². The van der Waals surface area contributed by atoms with Crippen molar-refractivity contribution in [2.75, 3.05) is 5.73 Å². The zero-order valence-corrected chi connectivity index (χ0v) is 14.4. The van der Waals surface area contributed by atoms with Crippen molar-refractivity contribution in [3.63, 3.8) is 0 Å². The van der Waals surface area contributed by atoms with Gasteiger partial charge in [-0.3, -0.25) is 5.10 Å². The molecule has 0 aliphatic heterocycles. The number of aromatic amines is 1. The molecule has 3 N–H and O–H groups in total. The van der Waals surface area contributed by atoms with Crippen LogP contribution in [-0.4, -0.2) is 31.9 Å². The SMILES string of the molecule is Cc1nc2nonc2c(N)c1Cc1ccc(OC(F)(F)F)c(-c2ccn[nH]2)c1. The Kier molecular flexibility index (Phi) is 4.13. The number of hydrogen-bond donors (Lipinski definition) is 2. The number of fused-ring (bicyclic) bond motifs is 1. The first kappa shape index (κ1) is 17.8. The van der Waals surface area contributed by atoms with Gasteiger partial charge in [0.2, 0.25) is 5.65 Å². The molecule has 3 aromatic heterocycles. The van der Waals surface area contributed by atoms with E-state index in [2.05, 4.69) is 34.9 Å². The molecule has 3 heterocycles. The first-order chi connectivity index (χ1) is 13.3. The lowest BCUT2D eigenvalue weighted by Crippen LogP contribution is -2.17. The first-order valence-electron chi connectivity index (χ1n) is 8.07. The van der Waals surface area contributed by atoms with Gasteiger partial charge in [0, 0.05) is 29.4 Å². The number of alkyl halides is 3. The van der Waals surface area contributed by atoms with Crippen molar-refractivity contribution in [3.8, 4) is 17.0 Å². The van der Waals surface area contributed by atoms with Gasteiger partial charge in [0.05, 0.1) is 11.4 Å². The Bertz CT molecular complexity index is 1140. The molecule has 0 aliphatic carbocycles. The van der Waals surface area contributed by atoms with Crippen molar-refractivity contribution in [3.05, 3.63) is 47.3 Å². The second kappa shape index (κ2) is 6.51. The van der Waals surface area contributed by atoms with E-state index in [1.165, 1.54) is 18.3 Å². The normalized spacial score (nSPS) is 11.9. The molecule has 0 bridgehead atoms. The Hall–Kier alpha value is -3.63. The summed E-state index contributed by atoms with van der Waals surface area (Å²) in [5.74, 6) is -0.334. The third-order valence-corrected chi connectivity index (χ3v) is 4.20. The van der Waals surface area contributed by atoms with Gasteiger partial charge in [-0.15, -0.1) is 13.2 Å². The summed E-state index contributed by atoms with van der Waals surface area (Å²) in [6.45, 7) is 1.76. The first-order valence-corrected chi connectivity index (χ1v) is 8.07. The summed E-state index contributed by atoms with van der Waals surface area (Å²) < 4.78 is 47.0. The van der Waals surface area contributed by atoms with Gasteiger partial charge >= 0.3 is 6.36 Å².